The van der Waals surface area contributed by atoms with E-state index in [1.807, 2.05) is 31.5 Å². The second-order valence-electron chi connectivity index (χ2n) is 4.28. The largest absolute Gasteiger partial charge is 0.399 e. The highest BCUT2D eigenvalue weighted by Gasteiger charge is 2.08. The predicted octanol–water partition coefficient (Wildman–Crippen LogP) is 1.78. The van der Waals surface area contributed by atoms with Crippen molar-refractivity contribution in [2.24, 2.45) is 0 Å². The molecule has 0 aliphatic carbocycles. The zero-order valence-corrected chi connectivity index (χ0v) is 10.9. The monoisotopic (exact) mass is 251 g/mol. The van der Waals surface area contributed by atoms with Crippen LogP contribution in [0.5, 0.6) is 0 Å². The highest BCUT2D eigenvalue weighted by molar-refractivity contribution is 7.84. The molecule has 2 rings (SSSR count). The van der Waals surface area contributed by atoms with Crippen LogP contribution in [0.1, 0.15) is 13.3 Å². The molecule has 0 bridgehead atoms. The van der Waals surface area contributed by atoms with Crippen molar-refractivity contribution in [2.75, 3.05) is 12.0 Å². The molecule has 1 aromatic carbocycles. The summed E-state index contributed by atoms with van der Waals surface area (Å²) in [5.74, 6) is 0. The van der Waals surface area contributed by atoms with Gasteiger partial charge in [-0.3, -0.25) is 4.21 Å². The van der Waals surface area contributed by atoms with E-state index in [-0.39, 0.29) is 5.25 Å². The van der Waals surface area contributed by atoms with Crippen molar-refractivity contribution >= 4 is 27.5 Å². The summed E-state index contributed by atoms with van der Waals surface area (Å²) in [6, 6.07) is 5.72. The van der Waals surface area contributed by atoms with Crippen LogP contribution in [0.15, 0.2) is 24.5 Å². The number of rotatable bonds is 4. The maximum absolute atomic E-state index is 11.3. The zero-order chi connectivity index (χ0) is 12.4. The summed E-state index contributed by atoms with van der Waals surface area (Å²) in [6.07, 6.45) is 4.45. The lowest BCUT2D eigenvalue weighted by Gasteiger charge is -2.09. The molecule has 1 aromatic heterocycles. The van der Waals surface area contributed by atoms with E-state index in [4.69, 9.17) is 5.73 Å². The first-order chi connectivity index (χ1) is 8.08. The molecule has 0 aliphatic heterocycles. The first-order valence-corrected chi connectivity index (χ1v) is 7.22. The molecule has 1 heterocycles. The molecule has 0 amide bonds. The van der Waals surface area contributed by atoms with Gasteiger partial charge in [0.05, 0.1) is 17.4 Å². The van der Waals surface area contributed by atoms with Gasteiger partial charge in [0.1, 0.15) is 0 Å². The minimum atomic E-state index is -0.763. The number of hydrogen-bond acceptors (Lipinski definition) is 3. The minimum absolute atomic E-state index is 0.209. The Hall–Kier alpha value is -1.36. The number of anilines is 1. The van der Waals surface area contributed by atoms with Gasteiger partial charge in [-0.25, -0.2) is 4.98 Å². The topological polar surface area (TPSA) is 60.9 Å². The summed E-state index contributed by atoms with van der Waals surface area (Å²) in [5, 5.41) is 0.209. The average Bonchev–Trinajstić information content (AvgIpc) is 2.67. The third-order valence-electron chi connectivity index (χ3n) is 2.99. The Morgan fingerprint density at radius 2 is 2.29 bits per heavy atom. The molecule has 92 valence electrons. The van der Waals surface area contributed by atoms with Crippen molar-refractivity contribution in [1.29, 1.82) is 0 Å². The molecule has 4 nitrogen and oxygen atoms in total. The summed E-state index contributed by atoms with van der Waals surface area (Å²) in [6.45, 7) is 2.84. The molecule has 2 unspecified atom stereocenters. The first-order valence-electron chi connectivity index (χ1n) is 5.60. The van der Waals surface area contributed by atoms with Gasteiger partial charge in [0.25, 0.3) is 0 Å². The van der Waals surface area contributed by atoms with E-state index in [1.165, 1.54) is 0 Å². The van der Waals surface area contributed by atoms with Crippen LogP contribution in [0.4, 0.5) is 5.69 Å². The van der Waals surface area contributed by atoms with E-state index in [9.17, 15) is 4.21 Å². The molecule has 2 N–H and O–H groups in total. The number of aryl methyl sites for hydroxylation is 1. The second-order valence-corrected chi connectivity index (χ2v) is 6.09. The van der Waals surface area contributed by atoms with Crippen LogP contribution in [-0.4, -0.2) is 25.3 Å². The molecule has 17 heavy (non-hydrogen) atoms. The predicted molar refractivity (Wildman–Crippen MR) is 72.3 cm³/mol. The van der Waals surface area contributed by atoms with Crippen LogP contribution in [0.2, 0.25) is 0 Å². The highest BCUT2D eigenvalue weighted by Crippen LogP contribution is 2.17. The van der Waals surface area contributed by atoms with E-state index in [2.05, 4.69) is 9.55 Å². The Kier molecular flexibility index (Phi) is 3.47. The van der Waals surface area contributed by atoms with Crippen molar-refractivity contribution in [3.63, 3.8) is 0 Å². The smallest absolute Gasteiger partial charge is 0.0958 e. The van der Waals surface area contributed by atoms with E-state index in [0.717, 1.165) is 29.7 Å². The number of hydrogen-bond donors (Lipinski definition) is 1. The summed E-state index contributed by atoms with van der Waals surface area (Å²) in [7, 11) is -0.763. The number of nitrogens with zero attached hydrogens (tertiary/aromatic N) is 2. The molecule has 2 aromatic rings. The van der Waals surface area contributed by atoms with Crippen LogP contribution < -0.4 is 5.73 Å². The quantitative estimate of drug-likeness (QED) is 0.842. The average molecular weight is 251 g/mol. The maximum atomic E-state index is 11.3. The van der Waals surface area contributed by atoms with Crippen molar-refractivity contribution in [1.82, 2.24) is 9.55 Å². The number of nitrogen functional groups attached to an aromatic ring is 1. The number of imidazole rings is 1. The third kappa shape index (κ3) is 2.66. The van der Waals surface area contributed by atoms with Crippen LogP contribution >= 0.6 is 0 Å². The summed E-state index contributed by atoms with van der Waals surface area (Å²) in [5.41, 5.74) is 8.42. The normalized spacial score (nSPS) is 14.9. The Bertz CT molecular complexity index is 550. The number of fused-ring (bicyclic) bond motifs is 1. The molecule has 0 aliphatic rings. The van der Waals surface area contributed by atoms with E-state index in [0.29, 0.717) is 0 Å². The van der Waals surface area contributed by atoms with Gasteiger partial charge in [-0.05, 0) is 24.6 Å². The SMILES string of the molecule is CC(CCn1cnc2cc(N)ccc21)S(C)=O. The van der Waals surface area contributed by atoms with Crippen LogP contribution in [-0.2, 0) is 17.3 Å². The Morgan fingerprint density at radius 1 is 1.53 bits per heavy atom. The zero-order valence-electron chi connectivity index (χ0n) is 10.1. The van der Waals surface area contributed by atoms with Crippen LogP contribution in [0, 0.1) is 0 Å². The maximum Gasteiger partial charge on any atom is 0.0958 e. The van der Waals surface area contributed by atoms with Gasteiger partial charge in [0.2, 0.25) is 0 Å². The van der Waals surface area contributed by atoms with Gasteiger partial charge >= 0.3 is 0 Å². The van der Waals surface area contributed by atoms with Crippen LogP contribution in [0.3, 0.4) is 0 Å². The fourth-order valence-electron chi connectivity index (χ4n) is 1.75. The van der Waals surface area contributed by atoms with Gasteiger partial charge < -0.3 is 10.3 Å². The lowest BCUT2D eigenvalue weighted by atomic mass is 10.2. The molecule has 0 radical (unpaired) electrons. The minimum Gasteiger partial charge on any atom is -0.399 e. The first kappa shape index (κ1) is 12.1. The fraction of sp³-hybridized carbons (Fsp3) is 0.417. The molecule has 0 saturated carbocycles. The number of nitrogens with two attached hydrogens (primary N) is 1. The Labute approximate surface area is 103 Å². The summed E-state index contributed by atoms with van der Waals surface area (Å²) < 4.78 is 13.4. The van der Waals surface area contributed by atoms with E-state index >= 15 is 0 Å². The van der Waals surface area contributed by atoms with E-state index in [1.54, 1.807) is 6.26 Å². The van der Waals surface area contributed by atoms with Gasteiger partial charge in [0.15, 0.2) is 0 Å². The second kappa shape index (κ2) is 4.87. The molecule has 0 saturated heterocycles. The molecular weight excluding hydrogens is 234 g/mol. The summed E-state index contributed by atoms with van der Waals surface area (Å²) >= 11 is 0. The van der Waals surface area contributed by atoms with Gasteiger partial charge in [-0.15, -0.1) is 0 Å². The lowest BCUT2D eigenvalue weighted by Crippen LogP contribution is -2.12. The molecule has 5 heteroatoms. The lowest BCUT2D eigenvalue weighted by molar-refractivity contribution is 0.629. The summed E-state index contributed by atoms with van der Waals surface area (Å²) in [4.78, 5) is 4.31. The van der Waals surface area contributed by atoms with Crippen molar-refractivity contribution < 1.29 is 4.21 Å². The van der Waals surface area contributed by atoms with Crippen molar-refractivity contribution in [2.45, 2.75) is 25.1 Å². The van der Waals surface area contributed by atoms with Gasteiger partial charge in [-0.2, -0.15) is 0 Å². The number of benzene rings is 1. The van der Waals surface area contributed by atoms with Crippen molar-refractivity contribution in [3.05, 3.63) is 24.5 Å². The standard InChI is InChI=1S/C12H17N3OS/c1-9(17(2)16)5-6-15-8-14-11-7-10(13)3-4-12(11)15/h3-4,7-9H,5-6,13H2,1-2H3. The number of aromatic nitrogens is 2. The van der Waals surface area contributed by atoms with Gasteiger partial charge in [-0.1, -0.05) is 6.92 Å². The molecule has 0 fully saturated rings. The van der Waals surface area contributed by atoms with Crippen LogP contribution in [0.25, 0.3) is 11.0 Å². The highest BCUT2D eigenvalue weighted by atomic mass is 32.2. The van der Waals surface area contributed by atoms with E-state index < -0.39 is 10.8 Å². The fourth-order valence-corrected chi connectivity index (χ4v) is 2.18. The molecule has 0 spiro atoms. The molecule has 2 atom stereocenters. The van der Waals surface area contributed by atoms with Crippen molar-refractivity contribution in [3.8, 4) is 0 Å². The molecular formula is C12H17N3OS. The Morgan fingerprint density at radius 3 is 3.00 bits per heavy atom. The van der Waals surface area contributed by atoms with Gasteiger partial charge in [0, 0.05) is 34.5 Å². The Balaban J connectivity index is 2.17. The third-order valence-corrected chi connectivity index (χ3v) is 4.36.